The second-order valence-electron chi connectivity index (χ2n) is 11.7. The molecule has 0 fully saturated rings. The Morgan fingerprint density at radius 1 is 0.947 bits per heavy atom. The molecule has 0 aliphatic heterocycles. The molecule has 0 amide bonds. The molecule has 2 aromatic rings. The van der Waals surface area contributed by atoms with Gasteiger partial charge < -0.3 is 0 Å². The minimum absolute atomic E-state index is 0.0375. The summed E-state index contributed by atoms with van der Waals surface area (Å²) in [7, 11) is 0. The highest BCUT2D eigenvalue weighted by Gasteiger charge is 2.33. The second kappa shape index (κ2) is 14.0. The van der Waals surface area contributed by atoms with Crippen LogP contribution in [0.15, 0.2) is 30.3 Å². The minimum Gasteiger partial charge on any atom is -0.300 e. The fraction of sp³-hybridized carbons (Fsp3) is 0.571. The van der Waals surface area contributed by atoms with Crippen LogP contribution in [0, 0.1) is 24.7 Å². The van der Waals surface area contributed by atoms with Crippen molar-refractivity contribution in [2.24, 2.45) is 17.8 Å². The van der Waals surface area contributed by atoms with Gasteiger partial charge in [-0.15, -0.1) is 0 Å². The van der Waals surface area contributed by atoms with Gasteiger partial charge in [0.25, 0.3) is 0 Å². The van der Waals surface area contributed by atoms with E-state index in [2.05, 4.69) is 65.0 Å². The predicted molar refractivity (Wildman–Crippen MR) is 158 cm³/mol. The topological polar surface area (TPSA) is 51.2 Å². The summed E-state index contributed by atoms with van der Waals surface area (Å²) in [5.41, 5.74) is 8.51. The van der Waals surface area contributed by atoms with Crippen LogP contribution in [0.4, 0.5) is 0 Å². The Hall–Kier alpha value is -2.55. The smallest absolute Gasteiger partial charge is 0.163 e. The molecule has 4 rings (SSSR count). The fourth-order valence-corrected chi connectivity index (χ4v) is 6.77. The van der Waals surface area contributed by atoms with E-state index in [9.17, 15) is 14.4 Å². The number of carbonyl (C=O) groups excluding carboxylic acids is 3. The van der Waals surface area contributed by atoms with Crippen LogP contribution in [0.1, 0.15) is 119 Å². The molecular formula is C35H48O3. The number of aryl methyl sites for hydroxylation is 2. The Labute approximate surface area is 230 Å². The van der Waals surface area contributed by atoms with Crippen molar-refractivity contribution in [3.8, 4) is 11.1 Å². The molecule has 0 heterocycles. The lowest BCUT2D eigenvalue weighted by atomic mass is 9.71. The molecule has 3 unspecified atom stereocenters. The van der Waals surface area contributed by atoms with E-state index in [0.29, 0.717) is 6.42 Å². The van der Waals surface area contributed by atoms with E-state index in [0.717, 1.165) is 55.2 Å². The second-order valence-corrected chi connectivity index (χ2v) is 11.7. The SMILES string of the molecule is CCC.CCCC(CC1CC(=O)c2c(ccc(-c3ccc4c(c3)CCC4)c2C)C1)C(CC)C(=O)CC(C)=O. The number of benzene rings is 2. The highest BCUT2D eigenvalue weighted by molar-refractivity contribution is 6.02. The maximum Gasteiger partial charge on any atom is 0.163 e. The molecule has 0 saturated carbocycles. The Balaban J connectivity index is 0.00000127. The summed E-state index contributed by atoms with van der Waals surface area (Å²) in [5, 5.41) is 0. The third-order valence-corrected chi connectivity index (χ3v) is 8.36. The summed E-state index contributed by atoms with van der Waals surface area (Å²) in [6.07, 6.45) is 9.92. The van der Waals surface area contributed by atoms with E-state index in [1.165, 1.54) is 48.4 Å². The van der Waals surface area contributed by atoms with Crippen molar-refractivity contribution in [3.63, 3.8) is 0 Å². The van der Waals surface area contributed by atoms with Gasteiger partial charge in [0, 0.05) is 17.9 Å². The number of fused-ring (bicyclic) bond motifs is 2. The maximum atomic E-state index is 13.4. The molecule has 0 bridgehead atoms. The first kappa shape index (κ1) is 30.0. The number of hydrogen-bond donors (Lipinski definition) is 0. The van der Waals surface area contributed by atoms with E-state index in [1.807, 2.05) is 0 Å². The third kappa shape index (κ3) is 7.10. The molecule has 0 N–H and O–H groups in total. The first-order valence-corrected chi connectivity index (χ1v) is 15.0. The molecule has 0 spiro atoms. The van der Waals surface area contributed by atoms with Crippen molar-refractivity contribution in [1.29, 1.82) is 0 Å². The molecule has 3 heteroatoms. The maximum absolute atomic E-state index is 13.4. The zero-order valence-corrected chi connectivity index (χ0v) is 24.6. The third-order valence-electron chi connectivity index (χ3n) is 8.36. The van der Waals surface area contributed by atoms with Crippen molar-refractivity contribution >= 4 is 17.3 Å². The van der Waals surface area contributed by atoms with Crippen molar-refractivity contribution < 1.29 is 14.4 Å². The lowest BCUT2D eigenvalue weighted by Crippen LogP contribution is -2.29. The number of hydrogen-bond acceptors (Lipinski definition) is 3. The van der Waals surface area contributed by atoms with Gasteiger partial charge in [0.15, 0.2) is 5.78 Å². The first-order valence-electron chi connectivity index (χ1n) is 15.0. The summed E-state index contributed by atoms with van der Waals surface area (Å²) < 4.78 is 0. The molecule has 3 nitrogen and oxygen atoms in total. The van der Waals surface area contributed by atoms with Crippen LogP contribution in [-0.2, 0) is 28.9 Å². The van der Waals surface area contributed by atoms with Gasteiger partial charge >= 0.3 is 0 Å². The predicted octanol–water partition coefficient (Wildman–Crippen LogP) is 8.69. The molecule has 0 saturated heterocycles. The lowest BCUT2D eigenvalue weighted by Gasteiger charge is -2.32. The normalized spacial score (nSPS) is 17.6. The average molecular weight is 517 g/mol. The molecule has 2 aliphatic carbocycles. The Bertz CT molecular complexity index is 1140. The zero-order valence-electron chi connectivity index (χ0n) is 24.6. The molecule has 3 atom stereocenters. The summed E-state index contributed by atoms with van der Waals surface area (Å²) in [6, 6.07) is 11.2. The molecule has 2 aliphatic rings. The van der Waals surface area contributed by atoms with Gasteiger partial charge in [0.05, 0.1) is 6.42 Å². The summed E-state index contributed by atoms with van der Waals surface area (Å²) in [5.74, 6) is 0.685. The Kier molecular flexibility index (Phi) is 11.1. The first-order chi connectivity index (χ1) is 18.2. The van der Waals surface area contributed by atoms with Gasteiger partial charge in [-0.3, -0.25) is 14.4 Å². The average Bonchev–Trinajstić information content (AvgIpc) is 3.32. The van der Waals surface area contributed by atoms with Crippen LogP contribution in [0.5, 0.6) is 0 Å². The minimum atomic E-state index is -0.0840. The molecular weight excluding hydrogens is 468 g/mol. The van der Waals surface area contributed by atoms with Gasteiger partial charge in [-0.1, -0.05) is 77.3 Å². The van der Waals surface area contributed by atoms with Crippen LogP contribution >= 0.6 is 0 Å². The van der Waals surface area contributed by atoms with Crippen molar-refractivity contribution in [2.75, 3.05) is 0 Å². The van der Waals surface area contributed by atoms with E-state index >= 15 is 0 Å². The summed E-state index contributed by atoms with van der Waals surface area (Å²) in [6.45, 7) is 12.1. The highest BCUT2D eigenvalue weighted by Crippen LogP contribution is 2.39. The standard InChI is InChI=1S/C32H40O3.C3H8/c1-5-8-25(28(6-2)30(34)15-20(3)33)16-22-17-27-13-14-29(21(4)32(27)31(35)18-22)26-12-11-23-9-7-10-24(23)19-26;1-3-2/h11-14,19,22,25,28H,5-10,15-18H2,1-4H3;3H2,1-2H3. The van der Waals surface area contributed by atoms with Gasteiger partial charge in [0.2, 0.25) is 0 Å². The molecule has 206 valence electrons. The monoisotopic (exact) mass is 516 g/mol. The summed E-state index contributed by atoms with van der Waals surface area (Å²) >= 11 is 0. The van der Waals surface area contributed by atoms with E-state index in [4.69, 9.17) is 0 Å². The van der Waals surface area contributed by atoms with Crippen LogP contribution in [0.25, 0.3) is 11.1 Å². The van der Waals surface area contributed by atoms with Crippen LogP contribution in [0.3, 0.4) is 0 Å². The summed E-state index contributed by atoms with van der Waals surface area (Å²) in [4.78, 5) is 37.8. The number of carbonyl (C=O) groups is 3. The number of rotatable bonds is 10. The van der Waals surface area contributed by atoms with E-state index in [-0.39, 0.29) is 41.5 Å². The molecule has 0 radical (unpaired) electrons. The largest absolute Gasteiger partial charge is 0.300 e. The highest BCUT2D eigenvalue weighted by atomic mass is 16.1. The van der Waals surface area contributed by atoms with Gasteiger partial charge in [-0.2, -0.15) is 0 Å². The van der Waals surface area contributed by atoms with Crippen LogP contribution < -0.4 is 0 Å². The Morgan fingerprint density at radius 3 is 2.29 bits per heavy atom. The van der Waals surface area contributed by atoms with Crippen molar-refractivity contribution in [2.45, 2.75) is 112 Å². The number of ketones is 3. The van der Waals surface area contributed by atoms with Crippen molar-refractivity contribution in [3.05, 3.63) is 58.1 Å². The molecule has 38 heavy (non-hydrogen) atoms. The van der Waals surface area contributed by atoms with Gasteiger partial charge in [-0.25, -0.2) is 0 Å². The van der Waals surface area contributed by atoms with Crippen LogP contribution in [0.2, 0.25) is 0 Å². The zero-order chi connectivity index (χ0) is 27.8. The fourth-order valence-electron chi connectivity index (χ4n) is 6.77. The molecule has 2 aromatic carbocycles. The lowest BCUT2D eigenvalue weighted by molar-refractivity contribution is -0.129. The van der Waals surface area contributed by atoms with Gasteiger partial charge in [-0.05, 0) is 97.6 Å². The quantitative estimate of drug-likeness (QED) is 0.297. The van der Waals surface area contributed by atoms with E-state index < -0.39 is 0 Å². The molecule has 0 aromatic heterocycles. The van der Waals surface area contributed by atoms with Gasteiger partial charge in [0.1, 0.15) is 11.6 Å². The Morgan fingerprint density at radius 2 is 1.63 bits per heavy atom. The van der Waals surface area contributed by atoms with Crippen LogP contribution in [-0.4, -0.2) is 17.3 Å². The number of Topliss-reactive ketones (excluding diaryl/α,β-unsaturated/α-hetero) is 3. The van der Waals surface area contributed by atoms with Crippen molar-refractivity contribution in [1.82, 2.24) is 0 Å². The van der Waals surface area contributed by atoms with E-state index in [1.54, 1.807) is 0 Å².